The number of benzene rings is 1. The highest BCUT2D eigenvalue weighted by molar-refractivity contribution is 5.72. The van der Waals surface area contributed by atoms with Crippen LogP contribution in [-0.4, -0.2) is 24.7 Å². The van der Waals surface area contributed by atoms with Gasteiger partial charge in [0.2, 0.25) is 5.91 Å². The highest BCUT2D eigenvalue weighted by Crippen LogP contribution is 2.33. The summed E-state index contributed by atoms with van der Waals surface area (Å²) in [4.78, 5) is 10.9. The molecule has 2 N–H and O–H groups in total. The number of methoxy groups -OCH3 is 1. The summed E-state index contributed by atoms with van der Waals surface area (Å²) in [7, 11) is 1.64. The fraction of sp³-hybridized carbons (Fsp3) is 0.533. The predicted octanol–water partition coefficient (Wildman–Crippen LogP) is 2.16. The van der Waals surface area contributed by atoms with Crippen LogP contribution in [0.4, 0.5) is 0 Å². The molecular formula is C15H23NO3. The first-order valence-electron chi connectivity index (χ1n) is 6.36. The second-order valence-corrected chi connectivity index (χ2v) is 5.66. The minimum absolute atomic E-state index is 0.0743. The molecule has 1 atom stereocenters. The molecule has 0 saturated heterocycles. The summed E-state index contributed by atoms with van der Waals surface area (Å²) in [5, 5.41) is 12.7. The smallest absolute Gasteiger partial charge is 0.216 e. The summed E-state index contributed by atoms with van der Waals surface area (Å²) in [5.41, 5.74) is 1.74. The molecule has 0 heterocycles. The Kier molecular flexibility index (Phi) is 4.95. The van der Waals surface area contributed by atoms with E-state index in [0.29, 0.717) is 0 Å². The average Bonchev–Trinajstić information content (AvgIpc) is 2.34. The van der Waals surface area contributed by atoms with Gasteiger partial charge in [0, 0.05) is 13.5 Å². The van der Waals surface area contributed by atoms with Gasteiger partial charge < -0.3 is 15.2 Å². The van der Waals surface area contributed by atoms with Crippen molar-refractivity contribution >= 4 is 5.91 Å². The molecule has 0 aromatic heterocycles. The van der Waals surface area contributed by atoms with E-state index in [0.717, 1.165) is 16.9 Å². The molecule has 0 bridgehead atoms. The van der Waals surface area contributed by atoms with Gasteiger partial charge in [-0.05, 0) is 28.7 Å². The molecule has 0 aliphatic rings. The third-order valence-corrected chi connectivity index (χ3v) is 2.96. The van der Waals surface area contributed by atoms with Gasteiger partial charge in [0.25, 0.3) is 0 Å². The molecule has 0 radical (unpaired) electrons. The number of nitrogens with one attached hydrogen (secondary N) is 1. The van der Waals surface area contributed by atoms with Crippen LogP contribution < -0.4 is 10.1 Å². The molecule has 1 rings (SSSR count). The van der Waals surface area contributed by atoms with E-state index in [1.807, 2.05) is 18.2 Å². The fourth-order valence-electron chi connectivity index (χ4n) is 1.88. The monoisotopic (exact) mass is 265 g/mol. The van der Waals surface area contributed by atoms with E-state index in [1.165, 1.54) is 6.92 Å². The zero-order valence-corrected chi connectivity index (χ0v) is 12.3. The van der Waals surface area contributed by atoms with E-state index in [1.54, 1.807) is 7.11 Å². The van der Waals surface area contributed by atoms with Crippen molar-refractivity contribution in [2.75, 3.05) is 13.7 Å². The standard InChI is InChI=1S/C15H23NO3/c1-10(17)16-9-13(18)11-6-7-14(19-5)12(8-11)15(2,3)4/h6-8,13,18H,9H2,1-5H3,(H,16,17). The highest BCUT2D eigenvalue weighted by Gasteiger charge is 2.20. The summed E-state index contributed by atoms with van der Waals surface area (Å²) in [6.07, 6.45) is -0.712. The van der Waals surface area contributed by atoms with E-state index < -0.39 is 6.10 Å². The Bertz CT molecular complexity index is 449. The molecule has 4 heteroatoms. The molecule has 1 aromatic rings. The summed E-state index contributed by atoms with van der Waals surface area (Å²) in [6, 6.07) is 5.61. The van der Waals surface area contributed by atoms with Crippen LogP contribution in [0.1, 0.15) is 44.9 Å². The molecule has 19 heavy (non-hydrogen) atoms. The first-order chi connectivity index (χ1) is 8.75. The van der Waals surface area contributed by atoms with Gasteiger partial charge in [-0.15, -0.1) is 0 Å². The van der Waals surface area contributed by atoms with E-state index >= 15 is 0 Å². The van der Waals surface area contributed by atoms with Crippen LogP contribution in [0, 0.1) is 0 Å². The lowest BCUT2D eigenvalue weighted by atomic mass is 9.85. The number of hydrogen-bond donors (Lipinski definition) is 2. The molecule has 0 spiro atoms. The van der Waals surface area contributed by atoms with E-state index in [-0.39, 0.29) is 17.9 Å². The highest BCUT2D eigenvalue weighted by atomic mass is 16.5. The number of carbonyl (C=O) groups excluding carboxylic acids is 1. The van der Waals surface area contributed by atoms with Crippen molar-refractivity contribution in [3.8, 4) is 5.75 Å². The van der Waals surface area contributed by atoms with E-state index in [4.69, 9.17) is 4.74 Å². The molecule has 1 aromatic carbocycles. The van der Waals surface area contributed by atoms with Crippen LogP contribution in [-0.2, 0) is 10.2 Å². The van der Waals surface area contributed by atoms with Crippen molar-refractivity contribution in [1.29, 1.82) is 0 Å². The second kappa shape index (κ2) is 6.06. The number of amides is 1. The van der Waals surface area contributed by atoms with Crippen molar-refractivity contribution in [3.63, 3.8) is 0 Å². The van der Waals surface area contributed by atoms with Crippen molar-refractivity contribution in [2.45, 2.75) is 39.2 Å². The number of hydrogen-bond acceptors (Lipinski definition) is 3. The van der Waals surface area contributed by atoms with Crippen LogP contribution >= 0.6 is 0 Å². The van der Waals surface area contributed by atoms with Crippen LogP contribution in [0.3, 0.4) is 0 Å². The lowest BCUT2D eigenvalue weighted by Gasteiger charge is -2.24. The Balaban J connectivity index is 3.01. The van der Waals surface area contributed by atoms with Gasteiger partial charge in [0.1, 0.15) is 5.75 Å². The number of carbonyl (C=O) groups is 1. The Morgan fingerprint density at radius 1 is 1.42 bits per heavy atom. The summed E-state index contributed by atoms with van der Waals surface area (Å²) < 4.78 is 5.35. The van der Waals surface area contributed by atoms with E-state index in [9.17, 15) is 9.90 Å². The molecule has 0 aliphatic heterocycles. The van der Waals surface area contributed by atoms with Gasteiger partial charge in [0.15, 0.2) is 0 Å². The topological polar surface area (TPSA) is 58.6 Å². The van der Waals surface area contributed by atoms with Gasteiger partial charge in [0.05, 0.1) is 13.2 Å². The van der Waals surface area contributed by atoms with Gasteiger partial charge >= 0.3 is 0 Å². The first kappa shape index (κ1) is 15.5. The van der Waals surface area contributed by atoms with Gasteiger partial charge in [-0.3, -0.25) is 4.79 Å². The van der Waals surface area contributed by atoms with Crippen LogP contribution in [0.2, 0.25) is 0 Å². The summed E-state index contributed by atoms with van der Waals surface area (Å²) in [6.45, 7) is 7.92. The van der Waals surface area contributed by atoms with E-state index in [2.05, 4.69) is 26.1 Å². The van der Waals surface area contributed by atoms with Crippen molar-refractivity contribution in [2.24, 2.45) is 0 Å². The molecule has 0 aliphatic carbocycles. The molecule has 0 fully saturated rings. The lowest BCUT2D eigenvalue weighted by molar-refractivity contribution is -0.119. The van der Waals surface area contributed by atoms with Crippen LogP contribution in [0.15, 0.2) is 18.2 Å². The Morgan fingerprint density at radius 2 is 2.05 bits per heavy atom. The number of aliphatic hydroxyl groups excluding tert-OH is 1. The quantitative estimate of drug-likeness (QED) is 0.877. The maximum atomic E-state index is 10.9. The number of aliphatic hydroxyl groups is 1. The summed E-state index contributed by atoms with van der Waals surface area (Å²) in [5.74, 6) is 0.659. The maximum absolute atomic E-state index is 10.9. The SMILES string of the molecule is COc1ccc(C(O)CNC(C)=O)cc1C(C)(C)C. The largest absolute Gasteiger partial charge is 0.496 e. The number of ether oxygens (including phenoxy) is 1. The third kappa shape index (κ3) is 4.24. The molecule has 0 saturated carbocycles. The summed E-state index contributed by atoms with van der Waals surface area (Å²) >= 11 is 0. The maximum Gasteiger partial charge on any atom is 0.216 e. The molecule has 4 nitrogen and oxygen atoms in total. The van der Waals surface area contributed by atoms with Gasteiger partial charge in [-0.25, -0.2) is 0 Å². The Hall–Kier alpha value is -1.55. The minimum atomic E-state index is -0.712. The average molecular weight is 265 g/mol. The molecule has 1 amide bonds. The fourth-order valence-corrected chi connectivity index (χ4v) is 1.88. The molecule has 1 unspecified atom stereocenters. The first-order valence-corrected chi connectivity index (χ1v) is 6.36. The molecular weight excluding hydrogens is 242 g/mol. The predicted molar refractivity (Wildman–Crippen MR) is 75.3 cm³/mol. The number of rotatable bonds is 4. The zero-order valence-electron chi connectivity index (χ0n) is 12.3. The zero-order chi connectivity index (χ0) is 14.6. The Labute approximate surface area is 114 Å². The minimum Gasteiger partial charge on any atom is -0.496 e. The van der Waals surface area contributed by atoms with Crippen LogP contribution in [0.25, 0.3) is 0 Å². The third-order valence-electron chi connectivity index (χ3n) is 2.96. The normalized spacial score (nSPS) is 12.9. The van der Waals surface area contributed by atoms with Gasteiger partial charge in [-0.1, -0.05) is 26.8 Å². The second-order valence-electron chi connectivity index (χ2n) is 5.66. The van der Waals surface area contributed by atoms with Crippen molar-refractivity contribution in [1.82, 2.24) is 5.32 Å². The van der Waals surface area contributed by atoms with Crippen molar-refractivity contribution < 1.29 is 14.6 Å². The lowest BCUT2D eigenvalue weighted by Crippen LogP contribution is -2.26. The van der Waals surface area contributed by atoms with Gasteiger partial charge in [-0.2, -0.15) is 0 Å². The molecule has 106 valence electrons. The van der Waals surface area contributed by atoms with Crippen LogP contribution in [0.5, 0.6) is 5.75 Å². The van der Waals surface area contributed by atoms with Crippen molar-refractivity contribution in [3.05, 3.63) is 29.3 Å². The Morgan fingerprint density at radius 3 is 2.53 bits per heavy atom.